The van der Waals surface area contributed by atoms with Gasteiger partial charge in [-0.05, 0) is 55.0 Å². The third kappa shape index (κ3) is 3.66. The minimum atomic E-state index is -0.872. The fourth-order valence-electron chi connectivity index (χ4n) is 3.27. The number of allylic oxidation sites excluding steroid dienone is 2. The van der Waals surface area contributed by atoms with Gasteiger partial charge in [-0.1, -0.05) is 12.5 Å². The largest absolute Gasteiger partial charge is 0.474 e. The van der Waals surface area contributed by atoms with Gasteiger partial charge in [0.2, 0.25) is 0 Å². The highest BCUT2D eigenvalue weighted by Crippen LogP contribution is 2.30. The van der Waals surface area contributed by atoms with Crippen molar-refractivity contribution in [3.63, 3.8) is 0 Å². The maximum atomic E-state index is 13.4. The van der Waals surface area contributed by atoms with Crippen molar-refractivity contribution in [3.8, 4) is 0 Å². The van der Waals surface area contributed by atoms with E-state index in [9.17, 15) is 8.78 Å². The lowest BCUT2D eigenvalue weighted by Crippen LogP contribution is -2.09. The predicted octanol–water partition coefficient (Wildman–Crippen LogP) is 4.16. The van der Waals surface area contributed by atoms with Crippen LogP contribution in [-0.2, 0) is 11.3 Å². The number of ether oxygens (including phenoxy) is 1. The van der Waals surface area contributed by atoms with Crippen LogP contribution in [-0.4, -0.2) is 12.3 Å². The van der Waals surface area contributed by atoms with E-state index in [4.69, 9.17) is 10.5 Å². The van der Waals surface area contributed by atoms with E-state index in [-0.39, 0.29) is 18.1 Å². The number of nitrogens with two attached hydrogens (primary N) is 1. The average molecular weight is 332 g/mol. The van der Waals surface area contributed by atoms with Crippen LogP contribution in [0.2, 0.25) is 0 Å². The van der Waals surface area contributed by atoms with Crippen molar-refractivity contribution < 1.29 is 13.5 Å². The zero-order chi connectivity index (χ0) is 17.1. The molecule has 24 heavy (non-hydrogen) atoms. The highest BCUT2D eigenvalue weighted by Gasteiger charge is 2.25. The number of fused-ring (bicyclic) bond motifs is 1. The molecule has 1 unspecified atom stereocenters. The van der Waals surface area contributed by atoms with Crippen LogP contribution in [0, 0.1) is 24.5 Å². The molecular weight excluding hydrogens is 310 g/mol. The van der Waals surface area contributed by atoms with Crippen molar-refractivity contribution in [1.29, 1.82) is 0 Å². The SMILES string of the molecule is Cc1cc(COC(N)=CC2=NCC3CCCCC=C23)cc(F)c1F. The lowest BCUT2D eigenvalue weighted by Gasteiger charge is -2.10. The molecule has 3 rings (SSSR count). The fourth-order valence-corrected chi connectivity index (χ4v) is 3.27. The molecule has 1 atom stereocenters. The Morgan fingerprint density at radius 2 is 2.21 bits per heavy atom. The second-order valence-corrected chi connectivity index (χ2v) is 6.41. The van der Waals surface area contributed by atoms with Gasteiger partial charge in [0.15, 0.2) is 17.5 Å². The number of aryl methyl sites for hydroxylation is 1. The summed E-state index contributed by atoms with van der Waals surface area (Å²) in [4.78, 5) is 4.56. The third-order valence-corrected chi connectivity index (χ3v) is 4.54. The van der Waals surface area contributed by atoms with Gasteiger partial charge in [-0.2, -0.15) is 0 Å². The molecule has 1 aliphatic heterocycles. The van der Waals surface area contributed by atoms with E-state index in [0.29, 0.717) is 11.5 Å². The number of hydrogen-bond acceptors (Lipinski definition) is 3. The maximum Gasteiger partial charge on any atom is 0.186 e. The zero-order valence-electron chi connectivity index (χ0n) is 13.8. The topological polar surface area (TPSA) is 47.6 Å². The molecule has 3 nitrogen and oxygen atoms in total. The van der Waals surface area contributed by atoms with E-state index in [2.05, 4.69) is 11.1 Å². The highest BCUT2D eigenvalue weighted by molar-refractivity contribution is 6.10. The molecule has 2 N–H and O–H groups in total. The standard InChI is InChI=1S/C19H22F2N2O/c1-12-7-13(8-16(20)19(12)21)11-24-18(22)9-17-15-6-4-2-3-5-14(15)10-23-17/h6-9,14H,2-5,10-11,22H2,1H3. The number of rotatable bonds is 4. The molecule has 1 aliphatic carbocycles. The molecule has 2 aliphatic rings. The summed E-state index contributed by atoms with van der Waals surface area (Å²) in [6, 6.07) is 2.69. The van der Waals surface area contributed by atoms with E-state index in [1.807, 2.05) is 0 Å². The summed E-state index contributed by atoms with van der Waals surface area (Å²) in [5.41, 5.74) is 8.88. The minimum absolute atomic E-state index is 0.0934. The van der Waals surface area contributed by atoms with Crippen LogP contribution in [0.4, 0.5) is 8.78 Å². The summed E-state index contributed by atoms with van der Waals surface area (Å²) in [5.74, 6) is -0.959. The lowest BCUT2D eigenvalue weighted by molar-refractivity contribution is 0.196. The Labute approximate surface area is 140 Å². The molecule has 1 heterocycles. The normalized spacial score (nSPS) is 21.0. The molecule has 1 aromatic carbocycles. The Bertz CT molecular complexity index is 699. The highest BCUT2D eigenvalue weighted by atomic mass is 19.2. The van der Waals surface area contributed by atoms with Crippen LogP contribution in [0.25, 0.3) is 0 Å². The van der Waals surface area contributed by atoms with Crippen LogP contribution in [0.15, 0.2) is 40.7 Å². The molecule has 1 aromatic rings. The first-order valence-corrected chi connectivity index (χ1v) is 8.34. The summed E-state index contributed by atoms with van der Waals surface area (Å²) in [5, 5.41) is 0. The molecule has 0 radical (unpaired) electrons. The van der Waals surface area contributed by atoms with Gasteiger partial charge in [0.25, 0.3) is 0 Å². The molecule has 0 spiro atoms. The van der Waals surface area contributed by atoms with Gasteiger partial charge in [-0.25, -0.2) is 8.78 Å². The summed E-state index contributed by atoms with van der Waals surface area (Å²) >= 11 is 0. The van der Waals surface area contributed by atoms with E-state index >= 15 is 0 Å². The van der Waals surface area contributed by atoms with Crippen LogP contribution in [0.1, 0.15) is 36.8 Å². The molecule has 5 heteroatoms. The smallest absolute Gasteiger partial charge is 0.186 e. The van der Waals surface area contributed by atoms with Gasteiger partial charge in [0, 0.05) is 18.5 Å². The van der Waals surface area contributed by atoms with Crippen molar-refractivity contribution in [3.05, 3.63) is 58.5 Å². The molecule has 0 saturated carbocycles. The van der Waals surface area contributed by atoms with Crippen LogP contribution in [0.5, 0.6) is 0 Å². The van der Waals surface area contributed by atoms with Gasteiger partial charge in [-0.3, -0.25) is 4.99 Å². The van der Waals surface area contributed by atoms with E-state index in [1.165, 1.54) is 31.8 Å². The van der Waals surface area contributed by atoms with Gasteiger partial charge in [0.1, 0.15) is 6.61 Å². The van der Waals surface area contributed by atoms with E-state index in [0.717, 1.165) is 24.7 Å². The fraction of sp³-hybridized carbons (Fsp3) is 0.421. The van der Waals surface area contributed by atoms with Gasteiger partial charge in [0.05, 0.1) is 5.71 Å². The number of benzene rings is 1. The van der Waals surface area contributed by atoms with Gasteiger partial charge >= 0.3 is 0 Å². The first-order valence-electron chi connectivity index (χ1n) is 8.34. The van der Waals surface area contributed by atoms with E-state index in [1.54, 1.807) is 12.1 Å². The summed E-state index contributed by atoms with van der Waals surface area (Å²) < 4.78 is 32.2. The number of nitrogens with zero attached hydrogens (tertiary/aromatic N) is 1. The summed E-state index contributed by atoms with van der Waals surface area (Å²) in [6.45, 7) is 2.43. The second-order valence-electron chi connectivity index (χ2n) is 6.41. The zero-order valence-corrected chi connectivity index (χ0v) is 13.8. The van der Waals surface area contributed by atoms with Gasteiger partial charge < -0.3 is 10.5 Å². The van der Waals surface area contributed by atoms with Crippen LogP contribution >= 0.6 is 0 Å². The Morgan fingerprint density at radius 3 is 3.00 bits per heavy atom. The lowest BCUT2D eigenvalue weighted by atomic mass is 9.95. The molecule has 0 bridgehead atoms. The monoisotopic (exact) mass is 332 g/mol. The number of hydrogen-bond donors (Lipinski definition) is 1. The van der Waals surface area contributed by atoms with Crippen molar-refractivity contribution in [2.24, 2.45) is 16.6 Å². The second kappa shape index (κ2) is 7.16. The Morgan fingerprint density at radius 1 is 1.38 bits per heavy atom. The quantitative estimate of drug-likeness (QED) is 0.842. The average Bonchev–Trinajstić information content (AvgIpc) is 2.78. The third-order valence-electron chi connectivity index (χ3n) is 4.54. The maximum absolute atomic E-state index is 13.4. The van der Waals surface area contributed by atoms with Crippen LogP contribution < -0.4 is 5.73 Å². The predicted molar refractivity (Wildman–Crippen MR) is 90.5 cm³/mol. The molecule has 0 aromatic heterocycles. The van der Waals surface area contributed by atoms with Crippen molar-refractivity contribution in [1.82, 2.24) is 0 Å². The van der Waals surface area contributed by atoms with Crippen molar-refractivity contribution in [2.45, 2.75) is 39.2 Å². The first-order chi connectivity index (χ1) is 11.5. The van der Waals surface area contributed by atoms with Crippen molar-refractivity contribution >= 4 is 5.71 Å². The van der Waals surface area contributed by atoms with Crippen molar-refractivity contribution in [2.75, 3.05) is 6.54 Å². The molecule has 128 valence electrons. The van der Waals surface area contributed by atoms with Gasteiger partial charge in [-0.15, -0.1) is 0 Å². The molecular formula is C19H22F2N2O. The van der Waals surface area contributed by atoms with Crippen LogP contribution in [0.3, 0.4) is 0 Å². The Hall–Kier alpha value is -2.17. The first kappa shape index (κ1) is 16.7. The Kier molecular flexibility index (Phi) is 4.97. The minimum Gasteiger partial charge on any atom is -0.474 e. The molecule has 0 saturated heterocycles. The summed E-state index contributed by atoms with van der Waals surface area (Å²) in [7, 11) is 0. The molecule has 0 amide bonds. The molecule has 0 fully saturated rings. The Balaban J connectivity index is 1.66. The van der Waals surface area contributed by atoms with E-state index < -0.39 is 11.6 Å². The summed E-state index contributed by atoms with van der Waals surface area (Å²) in [6.07, 6.45) is 8.70. The number of aliphatic imine (C=N–C) groups is 1. The number of halogens is 2.